The van der Waals surface area contributed by atoms with Crippen molar-refractivity contribution >= 4 is 11.6 Å². The number of anilines is 1. The zero-order chi connectivity index (χ0) is 13.9. The molecule has 0 fully saturated rings. The molecule has 3 rings (SSSR count). The molecular formula is C16H15NO3. The van der Waals surface area contributed by atoms with E-state index in [0.29, 0.717) is 11.5 Å². The number of nitrogens with one attached hydrogen (secondary N) is 1. The van der Waals surface area contributed by atoms with E-state index in [-0.39, 0.29) is 12.5 Å². The van der Waals surface area contributed by atoms with Crippen LogP contribution < -0.4 is 14.8 Å². The van der Waals surface area contributed by atoms with Crippen LogP contribution in [0.25, 0.3) is 0 Å². The largest absolute Gasteiger partial charge is 0.485 e. The molecule has 2 aromatic carbocycles. The van der Waals surface area contributed by atoms with Crippen LogP contribution in [0.2, 0.25) is 0 Å². The summed E-state index contributed by atoms with van der Waals surface area (Å²) in [5.74, 6) is 1.07. The van der Waals surface area contributed by atoms with Crippen LogP contribution in [0.3, 0.4) is 0 Å². The first kappa shape index (κ1) is 12.5. The number of amides is 1. The average molecular weight is 269 g/mol. The number of benzene rings is 2. The molecule has 20 heavy (non-hydrogen) atoms. The third-order valence-corrected chi connectivity index (χ3v) is 3.20. The van der Waals surface area contributed by atoms with E-state index in [4.69, 9.17) is 9.47 Å². The third kappa shape index (κ3) is 2.45. The summed E-state index contributed by atoms with van der Waals surface area (Å²) >= 11 is 0. The van der Waals surface area contributed by atoms with Gasteiger partial charge in [0.25, 0.3) is 5.91 Å². The molecule has 1 N–H and O–H groups in total. The lowest BCUT2D eigenvalue weighted by Crippen LogP contribution is -2.40. The van der Waals surface area contributed by atoms with Crippen molar-refractivity contribution < 1.29 is 14.3 Å². The van der Waals surface area contributed by atoms with Gasteiger partial charge in [-0.1, -0.05) is 30.3 Å². The van der Waals surface area contributed by atoms with Gasteiger partial charge < -0.3 is 14.8 Å². The third-order valence-electron chi connectivity index (χ3n) is 3.20. The summed E-state index contributed by atoms with van der Waals surface area (Å²) in [6.07, 6.45) is -0.635. The zero-order valence-corrected chi connectivity index (χ0v) is 11.1. The fraction of sp³-hybridized carbons (Fsp3) is 0.188. The summed E-state index contributed by atoms with van der Waals surface area (Å²) in [6, 6.07) is 15.0. The Bertz CT molecular complexity index is 639. The molecule has 0 spiro atoms. The lowest BCUT2D eigenvalue weighted by atomic mass is 10.2. The zero-order valence-electron chi connectivity index (χ0n) is 11.1. The summed E-state index contributed by atoms with van der Waals surface area (Å²) in [5.41, 5.74) is 1.80. The first-order chi connectivity index (χ1) is 9.74. The number of aryl methyl sites for hydroxylation is 1. The molecule has 1 aliphatic heterocycles. The summed E-state index contributed by atoms with van der Waals surface area (Å²) in [6.45, 7) is 2.16. The first-order valence-electron chi connectivity index (χ1n) is 6.49. The van der Waals surface area contributed by atoms with E-state index < -0.39 is 6.10 Å². The molecule has 4 nitrogen and oxygen atoms in total. The van der Waals surface area contributed by atoms with Gasteiger partial charge in [-0.05, 0) is 30.7 Å². The van der Waals surface area contributed by atoms with E-state index in [2.05, 4.69) is 5.32 Å². The smallest absolute Gasteiger partial charge is 0.269 e. The predicted octanol–water partition coefficient (Wildman–Crippen LogP) is 2.77. The minimum absolute atomic E-state index is 0.200. The molecule has 0 aromatic heterocycles. The van der Waals surface area contributed by atoms with E-state index in [0.717, 1.165) is 11.3 Å². The van der Waals surface area contributed by atoms with Crippen LogP contribution in [0, 0.1) is 6.92 Å². The topological polar surface area (TPSA) is 47.6 Å². The Morgan fingerprint density at radius 3 is 2.60 bits per heavy atom. The Morgan fingerprint density at radius 2 is 1.80 bits per heavy atom. The van der Waals surface area contributed by atoms with Crippen molar-refractivity contribution in [2.75, 3.05) is 11.9 Å². The molecule has 1 atom stereocenters. The van der Waals surface area contributed by atoms with Gasteiger partial charge in [-0.25, -0.2) is 0 Å². The molecule has 0 unspecified atom stereocenters. The first-order valence-corrected chi connectivity index (χ1v) is 6.49. The quantitative estimate of drug-likeness (QED) is 0.912. The fourth-order valence-corrected chi connectivity index (χ4v) is 2.08. The molecular weight excluding hydrogens is 254 g/mol. The number of hydrogen-bond donors (Lipinski definition) is 1. The summed E-state index contributed by atoms with van der Waals surface area (Å²) < 4.78 is 11.2. The molecule has 0 aliphatic carbocycles. The van der Waals surface area contributed by atoms with Crippen molar-refractivity contribution in [3.8, 4) is 11.5 Å². The molecule has 0 saturated heterocycles. The normalized spacial score (nSPS) is 16.6. The van der Waals surface area contributed by atoms with Crippen molar-refractivity contribution in [2.24, 2.45) is 0 Å². The number of carbonyl (C=O) groups excluding carboxylic acids is 1. The monoisotopic (exact) mass is 269 g/mol. The van der Waals surface area contributed by atoms with Gasteiger partial charge in [0.2, 0.25) is 6.10 Å². The number of fused-ring (bicyclic) bond motifs is 1. The highest BCUT2D eigenvalue weighted by molar-refractivity contribution is 5.95. The standard InChI is InChI=1S/C16H15NO3/c1-11-6-2-3-7-12(11)17-16(18)15-10-19-13-8-4-5-9-14(13)20-15/h2-9,15H,10H2,1H3,(H,17,18)/t15-/m0/s1. The van der Waals surface area contributed by atoms with Crippen LogP contribution in [0.5, 0.6) is 11.5 Å². The van der Waals surface area contributed by atoms with Gasteiger partial charge in [0.15, 0.2) is 11.5 Å². The highest BCUT2D eigenvalue weighted by Gasteiger charge is 2.27. The van der Waals surface area contributed by atoms with Crippen LogP contribution in [-0.4, -0.2) is 18.6 Å². The van der Waals surface area contributed by atoms with Gasteiger partial charge in [0, 0.05) is 5.69 Å². The van der Waals surface area contributed by atoms with E-state index in [9.17, 15) is 4.79 Å². The van der Waals surface area contributed by atoms with Gasteiger partial charge in [-0.15, -0.1) is 0 Å². The van der Waals surface area contributed by atoms with Gasteiger partial charge in [0.1, 0.15) is 6.61 Å². The van der Waals surface area contributed by atoms with Crippen molar-refractivity contribution in [1.29, 1.82) is 0 Å². The molecule has 0 bridgehead atoms. The lowest BCUT2D eigenvalue weighted by Gasteiger charge is -2.25. The number of ether oxygens (including phenoxy) is 2. The van der Waals surface area contributed by atoms with Crippen LogP contribution in [0.4, 0.5) is 5.69 Å². The number of carbonyl (C=O) groups is 1. The van der Waals surface area contributed by atoms with E-state index in [1.807, 2.05) is 49.4 Å². The molecule has 0 saturated carbocycles. The Hall–Kier alpha value is -2.49. The van der Waals surface area contributed by atoms with E-state index in [1.165, 1.54) is 0 Å². The molecule has 1 aliphatic rings. The molecule has 2 aromatic rings. The van der Waals surface area contributed by atoms with Gasteiger partial charge in [-0.2, -0.15) is 0 Å². The summed E-state index contributed by atoms with van der Waals surface area (Å²) in [5, 5.41) is 2.87. The van der Waals surface area contributed by atoms with Crippen LogP contribution >= 0.6 is 0 Å². The summed E-state index contributed by atoms with van der Waals surface area (Å²) in [7, 11) is 0. The second kappa shape index (κ2) is 5.25. The predicted molar refractivity (Wildman–Crippen MR) is 76.2 cm³/mol. The van der Waals surface area contributed by atoms with Crippen molar-refractivity contribution in [1.82, 2.24) is 0 Å². The van der Waals surface area contributed by atoms with Crippen molar-refractivity contribution in [3.63, 3.8) is 0 Å². The van der Waals surface area contributed by atoms with Gasteiger partial charge >= 0.3 is 0 Å². The van der Waals surface area contributed by atoms with Crippen LogP contribution in [0.1, 0.15) is 5.56 Å². The number of hydrogen-bond acceptors (Lipinski definition) is 3. The van der Waals surface area contributed by atoms with Crippen molar-refractivity contribution in [3.05, 3.63) is 54.1 Å². The van der Waals surface area contributed by atoms with E-state index in [1.54, 1.807) is 6.07 Å². The van der Waals surface area contributed by atoms with Crippen molar-refractivity contribution in [2.45, 2.75) is 13.0 Å². The second-order valence-electron chi connectivity index (χ2n) is 4.67. The number of rotatable bonds is 2. The Morgan fingerprint density at radius 1 is 1.10 bits per heavy atom. The molecule has 102 valence electrons. The average Bonchev–Trinajstić information content (AvgIpc) is 2.49. The summed E-state index contributed by atoms with van der Waals surface area (Å²) in [4.78, 5) is 12.2. The maximum Gasteiger partial charge on any atom is 0.269 e. The number of para-hydroxylation sites is 3. The minimum atomic E-state index is -0.635. The Balaban J connectivity index is 1.72. The highest BCUT2D eigenvalue weighted by Crippen LogP contribution is 2.31. The minimum Gasteiger partial charge on any atom is -0.485 e. The van der Waals surface area contributed by atoms with Gasteiger partial charge in [0.05, 0.1) is 0 Å². The molecule has 0 radical (unpaired) electrons. The molecule has 1 amide bonds. The van der Waals surface area contributed by atoms with Crippen LogP contribution in [0.15, 0.2) is 48.5 Å². The van der Waals surface area contributed by atoms with E-state index >= 15 is 0 Å². The Kier molecular flexibility index (Phi) is 3.29. The SMILES string of the molecule is Cc1ccccc1NC(=O)[C@@H]1COc2ccccc2O1. The highest BCUT2D eigenvalue weighted by atomic mass is 16.6. The maximum absolute atomic E-state index is 12.2. The Labute approximate surface area is 117 Å². The second-order valence-corrected chi connectivity index (χ2v) is 4.67. The van der Waals surface area contributed by atoms with Gasteiger partial charge in [-0.3, -0.25) is 4.79 Å². The van der Waals surface area contributed by atoms with Crippen LogP contribution in [-0.2, 0) is 4.79 Å². The fourth-order valence-electron chi connectivity index (χ4n) is 2.08. The maximum atomic E-state index is 12.2. The molecule has 4 heteroatoms. The molecule has 1 heterocycles. The lowest BCUT2D eigenvalue weighted by molar-refractivity contribution is -0.125.